The monoisotopic (exact) mass is 502 g/mol. The van der Waals surface area contributed by atoms with Gasteiger partial charge >= 0.3 is 5.97 Å². The largest absolute Gasteiger partial charge is 0.461 e. The second-order valence-corrected chi connectivity index (χ2v) is 22.8. The fraction of sp³-hybridized carbons (Fsp3) is 0.920. The Bertz CT molecular complexity index is 639. The summed E-state index contributed by atoms with van der Waals surface area (Å²) in [4.78, 5) is 23.5. The van der Waals surface area contributed by atoms with Gasteiger partial charge in [0.25, 0.3) is 0 Å². The number of aldehydes is 1. The van der Waals surface area contributed by atoms with Gasteiger partial charge in [0, 0.05) is 19.8 Å². The van der Waals surface area contributed by atoms with Crippen molar-refractivity contribution in [3.63, 3.8) is 0 Å². The molecule has 6 nitrogen and oxygen atoms in total. The molecular formula is C25H50O6Si2. The zero-order valence-electron chi connectivity index (χ0n) is 23.5. The van der Waals surface area contributed by atoms with Crippen LogP contribution in [0.2, 0.25) is 36.3 Å². The average molecular weight is 503 g/mol. The number of carbonyl (C=O) groups excluding carboxylic acids is 2. The van der Waals surface area contributed by atoms with Gasteiger partial charge in [0.2, 0.25) is 0 Å². The zero-order chi connectivity index (χ0) is 26.0. The molecule has 1 aliphatic heterocycles. The van der Waals surface area contributed by atoms with Gasteiger partial charge in [-0.15, -0.1) is 0 Å². The quantitative estimate of drug-likeness (QED) is 0.205. The van der Waals surface area contributed by atoms with Crippen molar-refractivity contribution >= 4 is 28.9 Å². The Hall–Kier alpha value is -0.546. The van der Waals surface area contributed by atoms with Crippen LogP contribution in [-0.4, -0.2) is 53.5 Å². The van der Waals surface area contributed by atoms with Gasteiger partial charge in [0.1, 0.15) is 12.4 Å². The molecule has 0 unspecified atom stereocenters. The van der Waals surface area contributed by atoms with Crippen LogP contribution in [0.5, 0.6) is 0 Å². The van der Waals surface area contributed by atoms with Crippen LogP contribution in [0, 0.1) is 5.41 Å². The van der Waals surface area contributed by atoms with Crippen LogP contribution < -0.4 is 0 Å². The van der Waals surface area contributed by atoms with E-state index in [4.69, 9.17) is 18.3 Å². The molecule has 8 heteroatoms. The summed E-state index contributed by atoms with van der Waals surface area (Å²) in [6, 6.07) is 0. The van der Waals surface area contributed by atoms with Crippen LogP contribution >= 0.6 is 0 Å². The van der Waals surface area contributed by atoms with Crippen molar-refractivity contribution in [1.29, 1.82) is 0 Å². The molecule has 0 N–H and O–H groups in total. The van der Waals surface area contributed by atoms with Gasteiger partial charge in [0.15, 0.2) is 22.9 Å². The fourth-order valence-corrected chi connectivity index (χ4v) is 5.91. The molecular weight excluding hydrogens is 452 g/mol. The lowest BCUT2D eigenvalue weighted by Crippen LogP contribution is -2.52. The highest BCUT2D eigenvalue weighted by molar-refractivity contribution is 6.74. The summed E-state index contributed by atoms with van der Waals surface area (Å²) < 4.78 is 25.5. The maximum atomic E-state index is 11.8. The normalized spacial score (nSPS) is 24.3. The van der Waals surface area contributed by atoms with Gasteiger partial charge in [0.05, 0.1) is 17.6 Å². The summed E-state index contributed by atoms with van der Waals surface area (Å²) in [6.45, 7) is 27.3. The van der Waals surface area contributed by atoms with Crippen molar-refractivity contribution in [2.75, 3.05) is 0 Å². The second kappa shape index (κ2) is 10.6. The first-order valence-corrected chi connectivity index (χ1v) is 18.1. The molecule has 0 aliphatic carbocycles. The highest BCUT2D eigenvalue weighted by atomic mass is 28.4. The summed E-state index contributed by atoms with van der Waals surface area (Å²) in [5.41, 5.74) is -0.807. The third-order valence-electron chi connectivity index (χ3n) is 7.74. The second-order valence-electron chi connectivity index (χ2n) is 13.3. The first-order chi connectivity index (χ1) is 14.6. The Kier molecular flexibility index (Phi) is 9.79. The minimum absolute atomic E-state index is 0.00303. The van der Waals surface area contributed by atoms with Crippen molar-refractivity contribution in [2.45, 2.75) is 142 Å². The summed E-state index contributed by atoms with van der Waals surface area (Å²) in [6.07, 6.45) is 1.48. The number of ether oxygens (including phenoxy) is 2. The van der Waals surface area contributed by atoms with Crippen molar-refractivity contribution in [3.8, 4) is 0 Å². The van der Waals surface area contributed by atoms with Crippen LogP contribution in [0.1, 0.15) is 81.6 Å². The van der Waals surface area contributed by atoms with Crippen LogP contribution in [0.25, 0.3) is 0 Å². The van der Waals surface area contributed by atoms with Crippen LogP contribution in [0.4, 0.5) is 0 Å². The van der Waals surface area contributed by atoms with E-state index in [9.17, 15) is 9.59 Å². The standard InChI is InChI=1S/C25H50O6Si2/c1-18(27)28-21(25(8,9)17-26)15-19-14-20(30-32(10,11)23(2,3)4)16-22(29-19)31-33(12,13)24(5,6)7/h17,19-22H,14-16H2,1-13H3/t19-,20-,21+,22-/m1/s1. The van der Waals surface area contributed by atoms with E-state index in [0.717, 1.165) is 6.29 Å². The van der Waals surface area contributed by atoms with Gasteiger partial charge < -0.3 is 23.1 Å². The smallest absolute Gasteiger partial charge is 0.302 e. The van der Waals surface area contributed by atoms with E-state index in [1.807, 2.05) is 0 Å². The fourth-order valence-electron chi connectivity index (χ4n) is 3.37. The zero-order valence-corrected chi connectivity index (χ0v) is 25.5. The average Bonchev–Trinajstić information content (AvgIpc) is 2.57. The molecule has 1 heterocycles. The lowest BCUT2D eigenvalue weighted by atomic mass is 9.83. The van der Waals surface area contributed by atoms with Gasteiger partial charge in [-0.25, -0.2) is 0 Å². The first kappa shape index (κ1) is 30.5. The Balaban J connectivity index is 3.19. The van der Waals surface area contributed by atoms with Crippen molar-refractivity contribution in [3.05, 3.63) is 0 Å². The molecule has 0 amide bonds. The molecule has 0 aromatic rings. The maximum absolute atomic E-state index is 11.8. The SMILES string of the molecule is CC(=O)O[C@@H](C[C@H]1C[C@@H](O[Si](C)(C)C(C)(C)C)C[C@@H](O[Si](C)(C)C(C)(C)C)O1)C(C)(C)C=O. The Morgan fingerprint density at radius 2 is 1.42 bits per heavy atom. The van der Waals surface area contributed by atoms with E-state index in [1.54, 1.807) is 13.8 Å². The number of esters is 1. The van der Waals surface area contributed by atoms with Crippen molar-refractivity contribution in [2.24, 2.45) is 5.41 Å². The van der Waals surface area contributed by atoms with Crippen molar-refractivity contribution < 1.29 is 27.9 Å². The Morgan fingerprint density at radius 3 is 1.85 bits per heavy atom. The van der Waals surface area contributed by atoms with Crippen LogP contribution in [0.15, 0.2) is 0 Å². The third-order valence-corrected chi connectivity index (χ3v) is 16.7. The van der Waals surface area contributed by atoms with Crippen LogP contribution in [0.3, 0.4) is 0 Å². The van der Waals surface area contributed by atoms with E-state index in [1.165, 1.54) is 6.92 Å². The Morgan fingerprint density at radius 1 is 0.939 bits per heavy atom. The summed E-state index contributed by atoms with van der Waals surface area (Å²) in [7, 11) is -4.06. The maximum Gasteiger partial charge on any atom is 0.302 e. The first-order valence-electron chi connectivity index (χ1n) is 12.3. The van der Waals surface area contributed by atoms with E-state index >= 15 is 0 Å². The van der Waals surface area contributed by atoms with E-state index < -0.39 is 34.1 Å². The molecule has 0 saturated carbocycles. The molecule has 0 radical (unpaired) electrons. The highest BCUT2D eigenvalue weighted by Crippen LogP contribution is 2.42. The molecule has 1 saturated heterocycles. The van der Waals surface area contributed by atoms with Crippen LogP contribution in [-0.2, 0) is 27.9 Å². The molecule has 1 fully saturated rings. The van der Waals surface area contributed by atoms with E-state index in [2.05, 4.69) is 67.7 Å². The highest BCUT2D eigenvalue weighted by Gasteiger charge is 2.46. The number of hydrogen-bond acceptors (Lipinski definition) is 6. The molecule has 0 bridgehead atoms. The van der Waals surface area contributed by atoms with E-state index in [-0.39, 0.29) is 28.6 Å². The third kappa shape index (κ3) is 8.56. The molecule has 0 spiro atoms. The Labute approximate surface area is 204 Å². The number of hydrogen-bond donors (Lipinski definition) is 0. The van der Waals surface area contributed by atoms with Gasteiger partial charge in [-0.3, -0.25) is 4.79 Å². The lowest BCUT2D eigenvalue weighted by molar-refractivity contribution is -0.193. The predicted octanol–water partition coefficient (Wildman–Crippen LogP) is 6.45. The molecule has 1 rings (SSSR count). The molecule has 4 atom stereocenters. The molecule has 0 aromatic heterocycles. The van der Waals surface area contributed by atoms with Gasteiger partial charge in [-0.05, 0) is 56.5 Å². The van der Waals surface area contributed by atoms with Crippen molar-refractivity contribution in [1.82, 2.24) is 0 Å². The van der Waals surface area contributed by atoms with E-state index in [0.29, 0.717) is 19.3 Å². The number of carbonyl (C=O) groups is 2. The number of rotatable bonds is 9. The van der Waals surface area contributed by atoms with Gasteiger partial charge in [-0.2, -0.15) is 0 Å². The summed E-state index contributed by atoms with van der Waals surface area (Å²) >= 11 is 0. The summed E-state index contributed by atoms with van der Waals surface area (Å²) in [5, 5.41) is 0.148. The molecule has 1 aliphatic rings. The predicted molar refractivity (Wildman–Crippen MR) is 138 cm³/mol. The molecule has 0 aromatic carbocycles. The topological polar surface area (TPSA) is 71.1 Å². The minimum Gasteiger partial charge on any atom is -0.461 e. The minimum atomic E-state index is -2.07. The lowest BCUT2D eigenvalue weighted by Gasteiger charge is -2.46. The van der Waals surface area contributed by atoms with Gasteiger partial charge in [-0.1, -0.05) is 41.5 Å². The molecule has 194 valence electrons. The summed E-state index contributed by atoms with van der Waals surface area (Å²) in [5.74, 6) is -0.395. The molecule has 33 heavy (non-hydrogen) atoms.